The van der Waals surface area contributed by atoms with Crippen LogP contribution in [-0.2, 0) is 10.1 Å². The van der Waals surface area contributed by atoms with Gasteiger partial charge in [0.25, 0.3) is 5.78 Å². The summed E-state index contributed by atoms with van der Waals surface area (Å²) < 4.78 is 31.1. The normalized spacial score (nSPS) is 15.0. The lowest BCUT2D eigenvalue weighted by atomic mass is 9.95. The molecule has 6 nitrogen and oxygen atoms in total. The third-order valence-corrected chi connectivity index (χ3v) is 3.20. The van der Waals surface area contributed by atoms with Crippen LogP contribution in [0.4, 0.5) is 0 Å². The molecule has 17 heavy (non-hydrogen) atoms. The van der Waals surface area contributed by atoms with Gasteiger partial charge in [0.1, 0.15) is 0 Å². The third-order valence-electron chi connectivity index (χ3n) is 2.33. The van der Waals surface area contributed by atoms with Crippen molar-refractivity contribution in [1.29, 1.82) is 5.53 Å². The van der Waals surface area contributed by atoms with E-state index in [1.54, 1.807) is 18.2 Å². The zero-order chi connectivity index (χ0) is 12.6. The fourth-order valence-corrected chi connectivity index (χ4v) is 2.24. The van der Waals surface area contributed by atoms with Crippen LogP contribution in [0, 0.1) is 5.53 Å². The lowest BCUT2D eigenvalue weighted by Crippen LogP contribution is -2.26. The molecule has 2 N–H and O–H groups in total. The van der Waals surface area contributed by atoms with Crippen LogP contribution in [0.1, 0.15) is 15.9 Å². The fourth-order valence-electron chi connectivity index (χ4n) is 1.58. The quantitative estimate of drug-likeness (QED) is 0.436. The first-order chi connectivity index (χ1) is 7.95. The Morgan fingerprint density at radius 1 is 1.24 bits per heavy atom. The monoisotopic (exact) mass is 251 g/mol. The molecular weight excluding hydrogens is 244 g/mol. The molecule has 1 aromatic rings. The molecule has 1 aliphatic rings. The first kappa shape index (κ1) is 11.4. The van der Waals surface area contributed by atoms with Gasteiger partial charge >= 0.3 is 15.8 Å². The Kier molecular flexibility index (Phi) is 2.51. The van der Waals surface area contributed by atoms with Gasteiger partial charge in [0.15, 0.2) is 4.91 Å². The van der Waals surface area contributed by atoms with Crippen LogP contribution in [0.2, 0.25) is 0 Å². The number of benzene rings is 1. The van der Waals surface area contributed by atoms with E-state index in [9.17, 15) is 13.2 Å². The van der Waals surface area contributed by atoms with Gasteiger partial charge < -0.3 is 0 Å². The topological polar surface area (TPSA) is 109 Å². The van der Waals surface area contributed by atoms with Gasteiger partial charge in [-0.2, -0.15) is 8.42 Å². The molecule has 1 aliphatic carbocycles. The minimum absolute atomic E-state index is 0.255. The van der Waals surface area contributed by atoms with E-state index in [4.69, 9.17) is 10.1 Å². The van der Waals surface area contributed by atoms with E-state index in [0.29, 0.717) is 5.56 Å². The van der Waals surface area contributed by atoms with Gasteiger partial charge in [-0.1, -0.05) is 24.3 Å². The highest BCUT2D eigenvalue weighted by Gasteiger charge is 2.40. The van der Waals surface area contributed by atoms with Gasteiger partial charge in [0, 0.05) is 5.56 Å². The number of fused-ring (bicyclic) bond motifs is 1. The van der Waals surface area contributed by atoms with Crippen molar-refractivity contribution in [1.82, 2.24) is 0 Å². The predicted octanol–water partition coefficient (Wildman–Crippen LogP) is 0.792. The maximum Gasteiger partial charge on any atom is 0.432 e. The van der Waals surface area contributed by atoms with Gasteiger partial charge in [-0.15, -0.1) is 0 Å². The Balaban J connectivity index is 2.83. The molecule has 0 aliphatic heterocycles. The standard InChI is InChI=1S/C10H6N2O4S/c11-12-9-8(17(14,15)16)5-6-3-1-2-4-7(6)10(9)13/h1-5,11H/p+1. The summed E-state index contributed by atoms with van der Waals surface area (Å²) in [5.41, 5.74) is 6.88. The van der Waals surface area contributed by atoms with Crippen molar-refractivity contribution in [3.05, 3.63) is 40.3 Å². The van der Waals surface area contributed by atoms with Crippen LogP contribution in [-0.4, -0.2) is 29.3 Å². The van der Waals surface area contributed by atoms with E-state index in [-0.39, 0.29) is 5.56 Å². The highest BCUT2D eigenvalue weighted by molar-refractivity contribution is 7.91. The first-order valence-corrected chi connectivity index (χ1v) is 5.97. The Hall–Kier alpha value is -2.08. The zero-order valence-electron chi connectivity index (χ0n) is 8.41. The Bertz CT molecular complexity index is 697. The highest BCUT2D eigenvalue weighted by atomic mass is 32.2. The number of ketones is 1. The molecule has 0 atom stereocenters. The minimum Gasteiger partial charge on any atom is -0.282 e. The van der Waals surface area contributed by atoms with Crippen molar-refractivity contribution >= 4 is 27.7 Å². The summed E-state index contributed by atoms with van der Waals surface area (Å²) >= 11 is 0. The number of nitrogens with one attached hydrogen (secondary N) is 1. The second-order valence-corrected chi connectivity index (χ2v) is 4.75. The summed E-state index contributed by atoms with van der Waals surface area (Å²) in [4.78, 5) is 14.1. The molecule has 0 amide bonds. The fraction of sp³-hybridized carbons (Fsp3) is 0. The first-order valence-electron chi connectivity index (χ1n) is 4.53. The maximum absolute atomic E-state index is 11.8. The SMILES string of the molecule is N=[N+]=C1C(=O)c2ccccc2C=C1S(=O)(=O)O. The van der Waals surface area contributed by atoms with Crippen LogP contribution in [0.3, 0.4) is 0 Å². The molecule has 0 bridgehead atoms. The summed E-state index contributed by atoms with van der Waals surface area (Å²) in [5.74, 6) is -0.689. The molecule has 0 aromatic heterocycles. The molecule has 0 unspecified atom stereocenters. The van der Waals surface area contributed by atoms with Crippen molar-refractivity contribution in [2.75, 3.05) is 0 Å². The largest absolute Gasteiger partial charge is 0.432 e. The van der Waals surface area contributed by atoms with E-state index in [1.165, 1.54) is 6.07 Å². The molecule has 0 saturated heterocycles. The summed E-state index contributed by atoms with van der Waals surface area (Å²) in [6.07, 6.45) is 1.12. The lowest BCUT2D eigenvalue weighted by Gasteiger charge is -2.08. The van der Waals surface area contributed by atoms with Gasteiger partial charge in [-0.05, 0) is 11.6 Å². The molecular formula is C10H7N2O4S+. The van der Waals surface area contributed by atoms with E-state index in [2.05, 4.69) is 4.79 Å². The molecule has 2 rings (SSSR count). The van der Waals surface area contributed by atoms with E-state index >= 15 is 0 Å². The molecule has 1 aromatic carbocycles. The van der Waals surface area contributed by atoms with Crippen LogP contribution in [0.25, 0.3) is 6.08 Å². The number of Topliss-reactive ketones (excluding diaryl/α,β-unsaturated/α-hetero) is 1. The van der Waals surface area contributed by atoms with Crippen molar-refractivity contribution < 1.29 is 22.6 Å². The average molecular weight is 251 g/mol. The van der Waals surface area contributed by atoms with Gasteiger partial charge in [-0.25, -0.2) is 0 Å². The number of carbonyl (C=O) groups excluding carboxylic acids is 1. The summed E-state index contributed by atoms with van der Waals surface area (Å²) in [5, 5.41) is 0. The van der Waals surface area contributed by atoms with E-state index in [0.717, 1.165) is 6.08 Å². The summed E-state index contributed by atoms with van der Waals surface area (Å²) in [6, 6.07) is 6.29. The second-order valence-electron chi connectivity index (χ2n) is 3.36. The number of carbonyl (C=O) groups is 1. The summed E-state index contributed by atoms with van der Waals surface area (Å²) in [6.45, 7) is 0. The van der Waals surface area contributed by atoms with Crippen molar-refractivity contribution in [3.63, 3.8) is 0 Å². The van der Waals surface area contributed by atoms with Crippen LogP contribution >= 0.6 is 0 Å². The molecule has 0 radical (unpaired) electrons. The van der Waals surface area contributed by atoms with Crippen LogP contribution < -0.4 is 0 Å². The lowest BCUT2D eigenvalue weighted by molar-refractivity contribution is -0.117. The highest BCUT2D eigenvalue weighted by Crippen LogP contribution is 2.23. The van der Waals surface area contributed by atoms with Crippen LogP contribution in [0.15, 0.2) is 29.2 Å². The van der Waals surface area contributed by atoms with Gasteiger partial charge in [0.2, 0.25) is 0 Å². The third kappa shape index (κ3) is 1.83. The Morgan fingerprint density at radius 3 is 2.47 bits per heavy atom. The average Bonchev–Trinajstić information content (AvgIpc) is 2.28. The number of rotatable bonds is 1. The minimum atomic E-state index is -4.57. The number of nitrogens with zero attached hydrogens (tertiary/aromatic N) is 1. The van der Waals surface area contributed by atoms with Crippen molar-refractivity contribution in [2.45, 2.75) is 0 Å². The van der Waals surface area contributed by atoms with Crippen molar-refractivity contribution in [2.24, 2.45) is 0 Å². The van der Waals surface area contributed by atoms with Crippen molar-refractivity contribution in [3.8, 4) is 0 Å². The van der Waals surface area contributed by atoms with Gasteiger partial charge in [-0.3, -0.25) is 9.35 Å². The summed E-state index contributed by atoms with van der Waals surface area (Å²) in [7, 11) is -4.57. The maximum atomic E-state index is 11.8. The molecule has 0 fully saturated rings. The number of allylic oxidation sites excluding steroid dienone is 1. The Labute approximate surface area is 96.6 Å². The number of hydrogen-bond donors (Lipinski definition) is 2. The molecule has 0 saturated carbocycles. The zero-order valence-corrected chi connectivity index (χ0v) is 9.23. The van der Waals surface area contributed by atoms with Crippen LogP contribution in [0.5, 0.6) is 0 Å². The smallest absolute Gasteiger partial charge is 0.282 e. The number of hydrogen-bond acceptors (Lipinski definition) is 4. The van der Waals surface area contributed by atoms with E-state index in [1.807, 2.05) is 0 Å². The molecule has 7 heteroatoms. The van der Waals surface area contributed by atoms with E-state index < -0.39 is 26.5 Å². The molecule has 86 valence electrons. The predicted molar refractivity (Wildman–Crippen MR) is 58.3 cm³/mol. The molecule has 0 heterocycles. The molecule has 0 spiro atoms. The van der Waals surface area contributed by atoms with Gasteiger partial charge in [0.05, 0.1) is 10.3 Å². The Morgan fingerprint density at radius 2 is 1.88 bits per heavy atom. The second kappa shape index (κ2) is 3.74.